The van der Waals surface area contributed by atoms with Gasteiger partial charge in [0.2, 0.25) is 0 Å². The first-order chi connectivity index (χ1) is 13.0. The Balaban J connectivity index is 1.66. The number of carboxylic acid groups (broad SMARTS) is 1. The Labute approximate surface area is 160 Å². The van der Waals surface area contributed by atoms with E-state index in [9.17, 15) is 4.79 Å². The van der Waals surface area contributed by atoms with Crippen LogP contribution in [0.4, 0.5) is 0 Å². The highest BCUT2D eigenvalue weighted by Gasteiger charge is 2.07. The van der Waals surface area contributed by atoms with Crippen molar-refractivity contribution in [2.24, 2.45) is 0 Å². The molecule has 3 aromatic rings. The monoisotopic (exact) mass is 358 g/mol. The third-order valence-electron chi connectivity index (χ3n) is 4.53. The second kappa shape index (κ2) is 8.45. The van der Waals surface area contributed by atoms with Gasteiger partial charge < -0.3 is 5.11 Å². The molecule has 1 heterocycles. The number of benzene rings is 2. The molecule has 0 amide bonds. The number of aromatic carboxylic acids is 1. The summed E-state index contributed by atoms with van der Waals surface area (Å²) < 4.78 is 2.04. The topological polar surface area (TPSA) is 41.2 Å². The van der Waals surface area contributed by atoms with Crippen LogP contribution in [-0.4, -0.2) is 11.1 Å². The van der Waals surface area contributed by atoms with Gasteiger partial charge in [-0.25, -0.2) is 9.36 Å². The van der Waals surface area contributed by atoms with Crippen LogP contribution in [0.5, 0.6) is 0 Å². The molecule has 136 valence electrons. The minimum atomic E-state index is -0.899. The molecule has 0 saturated carbocycles. The standard InChI is InChI=1S/C24H23NO2/c1-18(2)22-10-8-19(9-11-22)6-7-20-12-14-25(15-13-20)17-21-4-3-5-23(16-21)24(26)27/h3-16,18H,17H2,1-2H3/p+1/b7-6-. The van der Waals surface area contributed by atoms with E-state index in [4.69, 9.17) is 5.11 Å². The lowest BCUT2D eigenvalue weighted by atomic mass is 10.0. The van der Waals surface area contributed by atoms with Crippen molar-refractivity contribution in [1.29, 1.82) is 0 Å². The smallest absolute Gasteiger partial charge is 0.335 e. The maximum Gasteiger partial charge on any atom is 0.335 e. The Kier molecular flexibility index (Phi) is 5.82. The minimum Gasteiger partial charge on any atom is -0.478 e. The zero-order valence-corrected chi connectivity index (χ0v) is 15.7. The summed E-state index contributed by atoms with van der Waals surface area (Å²) in [6, 6.07) is 19.8. The van der Waals surface area contributed by atoms with Crippen LogP contribution < -0.4 is 4.57 Å². The predicted octanol–water partition coefficient (Wildman–Crippen LogP) is 5.01. The molecule has 0 aliphatic rings. The summed E-state index contributed by atoms with van der Waals surface area (Å²) in [5.74, 6) is -0.354. The van der Waals surface area contributed by atoms with Gasteiger partial charge in [-0.15, -0.1) is 0 Å². The lowest BCUT2D eigenvalue weighted by Gasteiger charge is -2.04. The van der Waals surface area contributed by atoms with E-state index >= 15 is 0 Å². The first kappa shape index (κ1) is 18.6. The van der Waals surface area contributed by atoms with E-state index in [1.165, 1.54) is 11.1 Å². The third-order valence-corrected chi connectivity index (χ3v) is 4.53. The van der Waals surface area contributed by atoms with E-state index in [-0.39, 0.29) is 0 Å². The number of carbonyl (C=O) groups is 1. The van der Waals surface area contributed by atoms with Crippen LogP contribution in [0.15, 0.2) is 73.1 Å². The highest BCUT2D eigenvalue weighted by atomic mass is 16.4. The summed E-state index contributed by atoms with van der Waals surface area (Å²) in [6.07, 6.45) is 8.23. The average molecular weight is 358 g/mol. The molecule has 3 rings (SSSR count). The lowest BCUT2D eigenvalue weighted by Crippen LogP contribution is -2.33. The van der Waals surface area contributed by atoms with Gasteiger partial charge in [-0.05, 0) is 34.7 Å². The molecule has 0 fully saturated rings. The van der Waals surface area contributed by atoms with E-state index < -0.39 is 5.97 Å². The fraction of sp³-hybridized carbons (Fsp3) is 0.167. The van der Waals surface area contributed by atoms with E-state index in [1.54, 1.807) is 18.2 Å². The largest absolute Gasteiger partial charge is 0.478 e. The molecule has 0 atom stereocenters. The van der Waals surface area contributed by atoms with Crippen molar-refractivity contribution in [3.8, 4) is 0 Å². The number of nitrogens with zero attached hydrogens (tertiary/aromatic N) is 1. The first-order valence-corrected chi connectivity index (χ1v) is 9.10. The summed E-state index contributed by atoms with van der Waals surface area (Å²) >= 11 is 0. The number of hydrogen-bond acceptors (Lipinski definition) is 1. The molecule has 3 heteroatoms. The maximum atomic E-state index is 11.1. The fourth-order valence-corrected chi connectivity index (χ4v) is 2.88. The summed E-state index contributed by atoms with van der Waals surface area (Å²) in [5.41, 5.74) is 4.93. The molecular weight excluding hydrogens is 334 g/mol. The number of aromatic nitrogens is 1. The van der Waals surface area contributed by atoms with Crippen LogP contribution in [0.3, 0.4) is 0 Å². The summed E-state index contributed by atoms with van der Waals surface area (Å²) in [7, 11) is 0. The summed E-state index contributed by atoms with van der Waals surface area (Å²) in [5, 5.41) is 9.09. The van der Waals surface area contributed by atoms with Crippen molar-refractivity contribution in [3.63, 3.8) is 0 Å². The van der Waals surface area contributed by atoms with Gasteiger partial charge in [0.25, 0.3) is 0 Å². The SMILES string of the molecule is CC(C)c1ccc(/C=C\c2cc[n+](Cc3cccc(C(=O)O)c3)cc2)cc1. The van der Waals surface area contributed by atoms with E-state index in [0.29, 0.717) is 18.0 Å². The number of rotatable bonds is 6. The molecule has 1 aromatic heterocycles. The molecule has 0 saturated heterocycles. The van der Waals surface area contributed by atoms with Crippen molar-refractivity contribution < 1.29 is 14.5 Å². The van der Waals surface area contributed by atoms with E-state index in [2.05, 4.69) is 62.4 Å². The molecule has 27 heavy (non-hydrogen) atoms. The van der Waals surface area contributed by atoms with Gasteiger partial charge in [0.1, 0.15) is 0 Å². The highest BCUT2D eigenvalue weighted by Crippen LogP contribution is 2.16. The van der Waals surface area contributed by atoms with Crippen LogP contribution in [0, 0.1) is 0 Å². The molecule has 0 radical (unpaired) electrons. The Morgan fingerprint density at radius 3 is 2.19 bits per heavy atom. The highest BCUT2D eigenvalue weighted by molar-refractivity contribution is 5.87. The van der Waals surface area contributed by atoms with Crippen molar-refractivity contribution in [2.45, 2.75) is 26.3 Å². The van der Waals surface area contributed by atoms with Crippen LogP contribution in [0.25, 0.3) is 12.2 Å². The molecule has 2 aromatic carbocycles. The van der Waals surface area contributed by atoms with Gasteiger partial charge >= 0.3 is 5.97 Å². The average Bonchev–Trinajstić information content (AvgIpc) is 2.68. The van der Waals surface area contributed by atoms with Crippen molar-refractivity contribution >= 4 is 18.1 Å². The second-order valence-corrected chi connectivity index (χ2v) is 6.96. The van der Waals surface area contributed by atoms with Gasteiger partial charge in [-0.3, -0.25) is 0 Å². The quantitative estimate of drug-likeness (QED) is 0.629. The molecule has 3 nitrogen and oxygen atoms in total. The zero-order chi connectivity index (χ0) is 19.2. The van der Waals surface area contributed by atoms with Crippen molar-refractivity contribution in [3.05, 3.63) is 101 Å². The molecule has 0 spiro atoms. The molecule has 0 unspecified atom stereocenters. The van der Waals surface area contributed by atoms with Crippen LogP contribution >= 0.6 is 0 Å². The Hall–Kier alpha value is -3.20. The summed E-state index contributed by atoms with van der Waals surface area (Å²) in [4.78, 5) is 11.1. The second-order valence-electron chi connectivity index (χ2n) is 6.96. The molecule has 0 bridgehead atoms. The van der Waals surface area contributed by atoms with Gasteiger partial charge in [0.15, 0.2) is 18.9 Å². The first-order valence-electron chi connectivity index (χ1n) is 9.10. The fourth-order valence-electron chi connectivity index (χ4n) is 2.88. The van der Waals surface area contributed by atoms with Gasteiger partial charge in [0, 0.05) is 17.7 Å². The van der Waals surface area contributed by atoms with Crippen LogP contribution in [0.2, 0.25) is 0 Å². The number of carboxylic acids is 1. The Bertz CT molecular complexity index is 939. The predicted molar refractivity (Wildman–Crippen MR) is 109 cm³/mol. The summed E-state index contributed by atoms with van der Waals surface area (Å²) in [6.45, 7) is 5.03. The van der Waals surface area contributed by atoms with Gasteiger partial charge in [-0.2, -0.15) is 0 Å². The molecule has 0 aliphatic carbocycles. The van der Waals surface area contributed by atoms with Crippen molar-refractivity contribution in [2.75, 3.05) is 0 Å². The normalized spacial score (nSPS) is 11.2. The van der Waals surface area contributed by atoms with E-state index in [0.717, 1.165) is 11.1 Å². The number of hydrogen-bond donors (Lipinski definition) is 1. The lowest BCUT2D eigenvalue weighted by molar-refractivity contribution is -0.688. The maximum absolute atomic E-state index is 11.1. The van der Waals surface area contributed by atoms with Gasteiger partial charge in [0.05, 0.1) is 5.56 Å². The Morgan fingerprint density at radius 2 is 1.59 bits per heavy atom. The molecule has 0 aliphatic heterocycles. The van der Waals surface area contributed by atoms with Gasteiger partial charge in [-0.1, -0.05) is 62.4 Å². The zero-order valence-electron chi connectivity index (χ0n) is 15.7. The van der Waals surface area contributed by atoms with Crippen LogP contribution in [-0.2, 0) is 6.54 Å². The Morgan fingerprint density at radius 1 is 0.963 bits per heavy atom. The number of pyridine rings is 1. The van der Waals surface area contributed by atoms with Crippen LogP contribution in [0.1, 0.15) is 52.4 Å². The molecule has 1 N–H and O–H groups in total. The van der Waals surface area contributed by atoms with Crippen molar-refractivity contribution in [1.82, 2.24) is 0 Å². The third kappa shape index (κ3) is 5.14. The van der Waals surface area contributed by atoms with E-state index in [1.807, 2.05) is 23.0 Å². The molecular formula is C24H24NO2+. The minimum absolute atomic E-state index is 0.316.